The topological polar surface area (TPSA) is 94.1 Å². The number of carbonyl (C=O) groups is 2. The van der Waals surface area contributed by atoms with Crippen LogP contribution in [0.5, 0.6) is 11.5 Å². The molecule has 0 radical (unpaired) electrons. The zero-order chi connectivity index (χ0) is 21.5. The molecule has 0 fully saturated rings. The van der Waals surface area contributed by atoms with E-state index < -0.39 is 17.9 Å². The Labute approximate surface area is 174 Å². The van der Waals surface area contributed by atoms with Gasteiger partial charge < -0.3 is 24.6 Å². The Balaban J connectivity index is 1.76. The zero-order valence-corrected chi connectivity index (χ0v) is 16.8. The van der Waals surface area contributed by atoms with Gasteiger partial charge in [-0.3, -0.25) is 4.79 Å². The second-order valence-corrected chi connectivity index (χ2v) is 6.60. The van der Waals surface area contributed by atoms with Crippen LogP contribution < -0.4 is 14.8 Å². The Bertz CT molecular complexity index is 1030. The first-order valence-electron chi connectivity index (χ1n) is 9.33. The van der Waals surface area contributed by atoms with Gasteiger partial charge in [-0.15, -0.1) is 0 Å². The second-order valence-electron chi connectivity index (χ2n) is 6.60. The molecule has 2 N–H and O–H groups in total. The Morgan fingerprint density at radius 1 is 0.967 bits per heavy atom. The lowest BCUT2D eigenvalue weighted by Crippen LogP contribution is -2.44. The molecule has 0 heterocycles. The molecule has 30 heavy (non-hydrogen) atoms. The molecule has 0 aromatic heterocycles. The number of ether oxygens (including phenoxy) is 3. The number of aliphatic carboxylic acids is 1. The van der Waals surface area contributed by atoms with Crippen LogP contribution in [0.2, 0.25) is 0 Å². The highest BCUT2D eigenvalue weighted by Crippen LogP contribution is 2.32. The average Bonchev–Trinajstić information content (AvgIpc) is 2.77. The summed E-state index contributed by atoms with van der Waals surface area (Å²) in [5, 5.41) is 13.6. The summed E-state index contributed by atoms with van der Waals surface area (Å²) in [6.07, 6.45) is 0. The standard InChI is InChI=1S/C23H23NO6/c1-28-20-10-6-9-16-11-18(21(29-2)12-17(16)20)22(25)24-19(23(26)27)14-30-13-15-7-4-3-5-8-15/h3-12,19H,13-14H2,1-2H3,(H,24,25)(H,26,27). The van der Waals surface area contributed by atoms with Crippen LogP contribution in [0.1, 0.15) is 15.9 Å². The Kier molecular flexibility index (Phi) is 6.87. The van der Waals surface area contributed by atoms with Crippen LogP contribution in [0, 0.1) is 0 Å². The number of carboxylic acid groups (broad SMARTS) is 1. The van der Waals surface area contributed by atoms with Crippen molar-refractivity contribution in [1.82, 2.24) is 5.32 Å². The van der Waals surface area contributed by atoms with E-state index in [0.29, 0.717) is 11.5 Å². The highest BCUT2D eigenvalue weighted by atomic mass is 16.5. The van der Waals surface area contributed by atoms with E-state index in [1.54, 1.807) is 19.2 Å². The Morgan fingerprint density at radius 2 is 1.70 bits per heavy atom. The molecule has 1 atom stereocenters. The molecule has 7 heteroatoms. The number of hydrogen-bond donors (Lipinski definition) is 2. The third-order valence-electron chi connectivity index (χ3n) is 4.62. The van der Waals surface area contributed by atoms with E-state index in [-0.39, 0.29) is 18.8 Å². The number of hydrogen-bond acceptors (Lipinski definition) is 5. The lowest BCUT2D eigenvalue weighted by Gasteiger charge is -2.17. The van der Waals surface area contributed by atoms with E-state index in [9.17, 15) is 14.7 Å². The van der Waals surface area contributed by atoms with Crippen molar-refractivity contribution in [3.05, 3.63) is 71.8 Å². The van der Waals surface area contributed by atoms with Gasteiger partial charge in [-0.2, -0.15) is 0 Å². The highest BCUT2D eigenvalue weighted by molar-refractivity contribution is 6.04. The maximum Gasteiger partial charge on any atom is 0.328 e. The van der Waals surface area contributed by atoms with Crippen LogP contribution >= 0.6 is 0 Å². The van der Waals surface area contributed by atoms with Crippen molar-refractivity contribution in [3.63, 3.8) is 0 Å². The van der Waals surface area contributed by atoms with Gasteiger partial charge in [0.15, 0.2) is 6.04 Å². The molecule has 0 bridgehead atoms. The molecule has 0 saturated heterocycles. The summed E-state index contributed by atoms with van der Waals surface area (Å²) in [6, 6.07) is 17.0. The minimum Gasteiger partial charge on any atom is -0.496 e. The van der Waals surface area contributed by atoms with E-state index in [1.807, 2.05) is 48.5 Å². The molecule has 3 aromatic carbocycles. The van der Waals surface area contributed by atoms with Crippen LogP contribution in [0.15, 0.2) is 60.7 Å². The fourth-order valence-electron chi connectivity index (χ4n) is 3.08. The predicted molar refractivity (Wildman–Crippen MR) is 112 cm³/mol. The lowest BCUT2D eigenvalue weighted by molar-refractivity contribution is -0.141. The number of methoxy groups -OCH3 is 2. The third kappa shape index (κ3) is 4.87. The number of amides is 1. The predicted octanol–water partition coefficient (Wildman–Crippen LogP) is 3.26. The number of carboxylic acids is 1. The highest BCUT2D eigenvalue weighted by Gasteiger charge is 2.23. The van der Waals surface area contributed by atoms with Crippen molar-refractivity contribution in [2.45, 2.75) is 12.6 Å². The number of rotatable bonds is 9. The lowest BCUT2D eigenvalue weighted by atomic mass is 10.0. The monoisotopic (exact) mass is 409 g/mol. The number of carbonyl (C=O) groups excluding carboxylic acids is 1. The average molecular weight is 409 g/mol. The van der Waals surface area contributed by atoms with Crippen molar-refractivity contribution in [1.29, 1.82) is 0 Å². The minimum absolute atomic E-state index is 0.167. The van der Waals surface area contributed by atoms with Gasteiger partial charge in [-0.1, -0.05) is 42.5 Å². The molecule has 7 nitrogen and oxygen atoms in total. The van der Waals surface area contributed by atoms with E-state index in [0.717, 1.165) is 16.3 Å². The van der Waals surface area contributed by atoms with E-state index in [4.69, 9.17) is 14.2 Å². The molecule has 0 aliphatic carbocycles. The number of fused-ring (bicyclic) bond motifs is 1. The van der Waals surface area contributed by atoms with Gasteiger partial charge in [-0.05, 0) is 29.1 Å². The fraction of sp³-hybridized carbons (Fsp3) is 0.217. The molecule has 0 saturated carbocycles. The van der Waals surface area contributed by atoms with Crippen molar-refractivity contribution in [2.75, 3.05) is 20.8 Å². The SMILES string of the molecule is COc1cc2c(OC)cccc2cc1C(=O)NC(COCc1ccccc1)C(=O)O. The molecule has 0 spiro atoms. The number of nitrogens with one attached hydrogen (secondary N) is 1. The summed E-state index contributed by atoms with van der Waals surface area (Å²) >= 11 is 0. The summed E-state index contributed by atoms with van der Waals surface area (Å²) in [4.78, 5) is 24.4. The van der Waals surface area contributed by atoms with Crippen LogP contribution in [-0.2, 0) is 16.1 Å². The van der Waals surface area contributed by atoms with Gasteiger partial charge in [0.05, 0.1) is 33.0 Å². The Morgan fingerprint density at radius 3 is 2.37 bits per heavy atom. The maximum atomic E-state index is 12.8. The minimum atomic E-state index is -1.20. The zero-order valence-electron chi connectivity index (χ0n) is 16.8. The molecule has 3 rings (SSSR count). The van der Waals surface area contributed by atoms with Crippen molar-refractivity contribution < 1.29 is 28.9 Å². The molecular formula is C23H23NO6. The second kappa shape index (κ2) is 9.76. The van der Waals surface area contributed by atoms with Gasteiger partial charge >= 0.3 is 5.97 Å². The largest absolute Gasteiger partial charge is 0.496 e. The van der Waals surface area contributed by atoms with E-state index >= 15 is 0 Å². The van der Waals surface area contributed by atoms with Gasteiger partial charge in [-0.25, -0.2) is 4.79 Å². The molecule has 1 amide bonds. The molecule has 156 valence electrons. The van der Waals surface area contributed by atoms with Crippen LogP contribution in [-0.4, -0.2) is 43.9 Å². The third-order valence-corrected chi connectivity index (χ3v) is 4.62. The first kappa shape index (κ1) is 21.1. The quantitative estimate of drug-likeness (QED) is 0.563. The fourth-order valence-corrected chi connectivity index (χ4v) is 3.08. The maximum absolute atomic E-state index is 12.8. The van der Waals surface area contributed by atoms with E-state index in [2.05, 4.69) is 5.32 Å². The van der Waals surface area contributed by atoms with Gasteiger partial charge in [0.2, 0.25) is 0 Å². The summed E-state index contributed by atoms with van der Waals surface area (Å²) in [5.74, 6) is -0.778. The van der Waals surface area contributed by atoms with Gasteiger partial charge in [0.1, 0.15) is 11.5 Å². The smallest absolute Gasteiger partial charge is 0.328 e. The van der Waals surface area contributed by atoms with Crippen molar-refractivity contribution >= 4 is 22.6 Å². The molecule has 3 aromatic rings. The van der Waals surface area contributed by atoms with E-state index in [1.165, 1.54) is 7.11 Å². The van der Waals surface area contributed by atoms with Crippen LogP contribution in [0.3, 0.4) is 0 Å². The number of benzene rings is 3. The van der Waals surface area contributed by atoms with Gasteiger partial charge in [0, 0.05) is 5.39 Å². The van der Waals surface area contributed by atoms with Gasteiger partial charge in [0.25, 0.3) is 5.91 Å². The molecule has 0 aliphatic rings. The first-order chi connectivity index (χ1) is 14.5. The molecular weight excluding hydrogens is 386 g/mol. The Hall–Kier alpha value is -3.58. The molecule has 0 aliphatic heterocycles. The molecule has 1 unspecified atom stereocenters. The summed E-state index contributed by atoms with van der Waals surface area (Å²) < 4.78 is 16.2. The van der Waals surface area contributed by atoms with Crippen molar-refractivity contribution in [2.24, 2.45) is 0 Å². The normalized spacial score (nSPS) is 11.7. The van der Waals surface area contributed by atoms with Crippen LogP contribution in [0.4, 0.5) is 0 Å². The summed E-state index contributed by atoms with van der Waals surface area (Å²) in [7, 11) is 3.01. The first-order valence-corrected chi connectivity index (χ1v) is 9.33. The van der Waals surface area contributed by atoms with Crippen LogP contribution in [0.25, 0.3) is 10.8 Å². The van der Waals surface area contributed by atoms with Crippen molar-refractivity contribution in [3.8, 4) is 11.5 Å². The summed E-state index contributed by atoms with van der Waals surface area (Å²) in [6.45, 7) is 0.0826. The summed E-state index contributed by atoms with van der Waals surface area (Å²) in [5.41, 5.74) is 1.14.